The lowest BCUT2D eigenvalue weighted by Crippen LogP contribution is -2.16. The molecule has 1 aliphatic heterocycles. The summed E-state index contributed by atoms with van der Waals surface area (Å²) in [5.74, 6) is -1.15. The minimum atomic E-state index is -0.609. The number of carbonyl (C=O) groups excluding carboxylic acids is 2. The van der Waals surface area contributed by atoms with Crippen LogP contribution in [0.2, 0.25) is 5.02 Å². The topological polar surface area (TPSA) is 49.4 Å². The fraction of sp³-hybridized carbons (Fsp3) is 0.143. The summed E-state index contributed by atoms with van der Waals surface area (Å²) in [6.07, 6.45) is 0. The maximum absolute atomic E-state index is 11.6. The van der Waals surface area contributed by atoms with Gasteiger partial charge in [-0.05, 0) is 45.1 Å². The number of hydrogen-bond acceptors (Lipinski definition) is 4. The van der Waals surface area contributed by atoms with Gasteiger partial charge in [-0.3, -0.25) is 9.59 Å². The molecule has 1 aromatic carbocycles. The van der Waals surface area contributed by atoms with Crippen molar-refractivity contribution in [2.75, 3.05) is 17.3 Å². The molecule has 0 aliphatic carbocycles. The van der Waals surface area contributed by atoms with Crippen molar-refractivity contribution in [2.45, 2.75) is 6.54 Å². The van der Waals surface area contributed by atoms with Crippen LogP contribution in [-0.4, -0.2) is 18.7 Å². The minimum Gasteiger partial charge on any atom is -0.369 e. The maximum Gasteiger partial charge on any atom is 0.296 e. The van der Waals surface area contributed by atoms with Crippen LogP contribution in [0.1, 0.15) is 15.9 Å². The van der Waals surface area contributed by atoms with E-state index in [1.807, 2.05) is 18.0 Å². The van der Waals surface area contributed by atoms with Crippen LogP contribution in [0.3, 0.4) is 0 Å². The van der Waals surface area contributed by atoms with Crippen molar-refractivity contribution < 1.29 is 9.59 Å². The van der Waals surface area contributed by atoms with E-state index in [1.165, 1.54) is 0 Å². The summed E-state index contributed by atoms with van der Waals surface area (Å²) in [6.45, 7) is 0.683. The second kappa shape index (κ2) is 5.44. The number of ketones is 1. The highest BCUT2D eigenvalue weighted by molar-refractivity contribution is 9.11. The van der Waals surface area contributed by atoms with Crippen molar-refractivity contribution in [3.63, 3.8) is 0 Å². The molecule has 0 saturated heterocycles. The number of Topliss-reactive ketones (excluding diaryl/α,β-unsaturated/α-hetero) is 1. The van der Waals surface area contributed by atoms with Crippen LogP contribution in [0.15, 0.2) is 27.4 Å². The van der Waals surface area contributed by atoms with E-state index in [0.29, 0.717) is 22.8 Å². The number of fused-ring (bicyclic) bond motifs is 1. The Morgan fingerprint density at radius 3 is 2.76 bits per heavy atom. The summed E-state index contributed by atoms with van der Waals surface area (Å²) in [5.41, 5.74) is 2.78. The molecule has 1 aromatic heterocycles. The molecule has 0 bridgehead atoms. The monoisotopic (exact) mass is 384 g/mol. The summed E-state index contributed by atoms with van der Waals surface area (Å²) in [4.78, 5) is 25.0. The number of benzene rings is 1. The Hall–Kier alpha value is -1.37. The highest BCUT2D eigenvalue weighted by atomic mass is 79.9. The van der Waals surface area contributed by atoms with E-state index in [2.05, 4.69) is 26.6 Å². The summed E-state index contributed by atoms with van der Waals surface area (Å²) in [6, 6.07) is 5.34. The van der Waals surface area contributed by atoms with Gasteiger partial charge in [0.2, 0.25) is 0 Å². The van der Waals surface area contributed by atoms with Crippen molar-refractivity contribution in [2.24, 2.45) is 0 Å². The standard InChI is InChI=1S/C14H10BrClN2O2S/c1-18(5-7-2-12(15)21-6-7)11-4-10-8(3-9(11)16)13(19)14(20)17-10/h2-4,6H,5H2,1H3,(H,17,19,20). The first kappa shape index (κ1) is 14.6. The smallest absolute Gasteiger partial charge is 0.296 e. The van der Waals surface area contributed by atoms with Gasteiger partial charge in [-0.25, -0.2) is 0 Å². The second-order valence-corrected chi connectivity index (χ2v) is 7.45. The molecule has 3 rings (SSSR count). The van der Waals surface area contributed by atoms with Gasteiger partial charge in [0.15, 0.2) is 0 Å². The van der Waals surface area contributed by atoms with Crippen molar-refractivity contribution in [3.05, 3.63) is 43.5 Å². The average Bonchev–Trinajstić information content (AvgIpc) is 2.95. The maximum atomic E-state index is 11.6. The van der Waals surface area contributed by atoms with Crippen LogP contribution in [0.25, 0.3) is 0 Å². The molecule has 1 amide bonds. The molecule has 0 saturated carbocycles. The molecule has 2 heterocycles. The third kappa shape index (κ3) is 2.71. The zero-order valence-electron chi connectivity index (χ0n) is 10.9. The quantitative estimate of drug-likeness (QED) is 0.814. The Morgan fingerprint density at radius 2 is 2.10 bits per heavy atom. The highest BCUT2D eigenvalue weighted by Gasteiger charge is 2.29. The molecule has 7 heteroatoms. The second-order valence-electron chi connectivity index (χ2n) is 4.75. The Morgan fingerprint density at radius 1 is 1.33 bits per heavy atom. The molecule has 0 atom stereocenters. The van der Waals surface area contributed by atoms with E-state index in [1.54, 1.807) is 23.5 Å². The molecular formula is C14H10BrClN2O2S. The van der Waals surface area contributed by atoms with E-state index >= 15 is 0 Å². The Labute approximate surface area is 138 Å². The molecular weight excluding hydrogens is 376 g/mol. The molecule has 21 heavy (non-hydrogen) atoms. The van der Waals surface area contributed by atoms with E-state index in [-0.39, 0.29) is 0 Å². The van der Waals surface area contributed by atoms with Gasteiger partial charge in [0, 0.05) is 13.6 Å². The molecule has 0 spiro atoms. The van der Waals surface area contributed by atoms with Gasteiger partial charge in [0.25, 0.3) is 11.7 Å². The number of amides is 1. The van der Waals surface area contributed by atoms with E-state index in [9.17, 15) is 9.59 Å². The molecule has 1 N–H and O–H groups in total. The third-order valence-corrected chi connectivity index (χ3v) is 5.09. The fourth-order valence-electron chi connectivity index (χ4n) is 2.23. The van der Waals surface area contributed by atoms with Crippen molar-refractivity contribution in [1.29, 1.82) is 0 Å². The zero-order chi connectivity index (χ0) is 15.1. The average molecular weight is 386 g/mol. The number of nitrogens with zero attached hydrogens (tertiary/aromatic N) is 1. The lowest BCUT2D eigenvalue weighted by atomic mass is 10.1. The fourth-order valence-corrected chi connectivity index (χ4v) is 3.74. The van der Waals surface area contributed by atoms with Gasteiger partial charge in [-0.1, -0.05) is 11.6 Å². The van der Waals surface area contributed by atoms with Crippen LogP contribution in [0.4, 0.5) is 11.4 Å². The van der Waals surface area contributed by atoms with Gasteiger partial charge in [0.05, 0.1) is 25.7 Å². The number of carbonyl (C=O) groups is 2. The van der Waals surface area contributed by atoms with Crippen molar-refractivity contribution in [3.8, 4) is 0 Å². The molecule has 108 valence electrons. The molecule has 1 aliphatic rings. The third-order valence-electron chi connectivity index (χ3n) is 3.24. The molecule has 4 nitrogen and oxygen atoms in total. The van der Waals surface area contributed by atoms with E-state index in [0.717, 1.165) is 15.0 Å². The Bertz CT molecular complexity index is 759. The molecule has 0 radical (unpaired) electrons. The number of nitrogens with one attached hydrogen (secondary N) is 1. The summed E-state index contributed by atoms with van der Waals surface area (Å²) in [7, 11) is 1.91. The van der Waals surface area contributed by atoms with Gasteiger partial charge in [-0.2, -0.15) is 0 Å². The van der Waals surface area contributed by atoms with Crippen LogP contribution in [0, 0.1) is 0 Å². The lowest BCUT2D eigenvalue weighted by molar-refractivity contribution is -0.112. The first-order valence-electron chi connectivity index (χ1n) is 6.09. The first-order valence-corrected chi connectivity index (χ1v) is 8.14. The van der Waals surface area contributed by atoms with Crippen molar-refractivity contribution >= 4 is 61.9 Å². The predicted molar refractivity (Wildman–Crippen MR) is 88.5 cm³/mol. The normalized spacial score (nSPS) is 13.3. The van der Waals surface area contributed by atoms with Crippen molar-refractivity contribution in [1.82, 2.24) is 0 Å². The van der Waals surface area contributed by atoms with Crippen LogP contribution in [0.5, 0.6) is 0 Å². The summed E-state index contributed by atoms with van der Waals surface area (Å²) < 4.78 is 1.07. The summed E-state index contributed by atoms with van der Waals surface area (Å²) in [5, 5.41) is 5.08. The highest BCUT2D eigenvalue weighted by Crippen LogP contribution is 2.35. The number of thiophene rings is 1. The van der Waals surface area contributed by atoms with Gasteiger partial charge < -0.3 is 10.2 Å². The van der Waals surface area contributed by atoms with Gasteiger partial charge in [0.1, 0.15) is 0 Å². The van der Waals surface area contributed by atoms with Crippen LogP contribution < -0.4 is 10.2 Å². The minimum absolute atomic E-state index is 0.334. The zero-order valence-corrected chi connectivity index (χ0v) is 14.1. The molecule has 2 aromatic rings. The summed E-state index contributed by atoms with van der Waals surface area (Å²) >= 11 is 11.3. The Balaban J connectivity index is 1.91. The number of anilines is 2. The van der Waals surface area contributed by atoms with Crippen LogP contribution in [-0.2, 0) is 11.3 Å². The van der Waals surface area contributed by atoms with E-state index in [4.69, 9.17) is 11.6 Å². The van der Waals surface area contributed by atoms with Crippen LogP contribution >= 0.6 is 38.9 Å². The first-order chi connectivity index (χ1) is 9.95. The lowest BCUT2D eigenvalue weighted by Gasteiger charge is -2.20. The largest absolute Gasteiger partial charge is 0.369 e. The van der Waals surface area contributed by atoms with Gasteiger partial charge in [-0.15, -0.1) is 11.3 Å². The number of halogens is 2. The predicted octanol–water partition coefficient (Wildman–Crippen LogP) is 3.94. The van der Waals surface area contributed by atoms with Gasteiger partial charge >= 0.3 is 0 Å². The number of rotatable bonds is 3. The molecule has 0 fully saturated rings. The Kier molecular flexibility index (Phi) is 3.77. The number of hydrogen-bond donors (Lipinski definition) is 1. The molecule has 0 unspecified atom stereocenters. The van der Waals surface area contributed by atoms with E-state index < -0.39 is 11.7 Å². The SMILES string of the molecule is CN(Cc1csc(Br)c1)c1cc2c(cc1Cl)C(=O)C(=O)N2.